The second-order valence-electron chi connectivity index (χ2n) is 5.23. The summed E-state index contributed by atoms with van der Waals surface area (Å²) in [5.74, 6) is 0.844. The molecule has 4 rings (SSSR count). The fourth-order valence-corrected chi connectivity index (χ4v) is 2.83. The standard InChI is InChI=1S/C18H12Cl2N4/c19-14-7-6-13(10-15(14)20)22-18-17(12-4-2-1-3-5-12)23-16-11-21-8-9-24(16)18/h1-11,22H. The summed E-state index contributed by atoms with van der Waals surface area (Å²) in [5, 5.41) is 4.41. The van der Waals surface area contributed by atoms with E-state index in [4.69, 9.17) is 28.2 Å². The molecule has 0 spiro atoms. The average Bonchev–Trinajstić information content (AvgIpc) is 2.98. The molecule has 2 aromatic heterocycles. The third kappa shape index (κ3) is 2.70. The van der Waals surface area contributed by atoms with E-state index in [2.05, 4.69) is 10.3 Å². The van der Waals surface area contributed by atoms with Crippen molar-refractivity contribution in [3.63, 3.8) is 0 Å². The number of halogens is 2. The van der Waals surface area contributed by atoms with E-state index in [1.165, 1.54) is 0 Å². The van der Waals surface area contributed by atoms with Crippen molar-refractivity contribution in [3.8, 4) is 11.3 Å². The van der Waals surface area contributed by atoms with Crippen LogP contribution in [0.15, 0.2) is 67.1 Å². The fraction of sp³-hybridized carbons (Fsp3) is 0. The molecule has 6 heteroatoms. The lowest BCUT2D eigenvalue weighted by Crippen LogP contribution is -1.97. The predicted octanol–water partition coefficient (Wildman–Crippen LogP) is 5.45. The Balaban J connectivity index is 1.87. The minimum absolute atomic E-state index is 0.499. The van der Waals surface area contributed by atoms with Crippen LogP contribution in [0, 0.1) is 0 Å². The van der Waals surface area contributed by atoms with Crippen LogP contribution in [0.4, 0.5) is 11.5 Å². The highest BCUT2D eigenvalue weighted by Gasteiger charge is 2.14. The van der Waals surface area contributed by atoms with Crippen molar-refractivity contribution in [1.29, 1.82) is 0 Å². The van der Waals surface area contributed by atoms with E-state index in [-0.39, 0.29) is 0 Å². The second kappa shape index (κ2) is 6.15. The number of anilines is 2. The van der Waals surface area contributed by atoms with Crippen LogP contribution >= 0.6 is 23.2 Å². The molecule has 0 amide bonds. The first-order valence-electron chi connectivity index (χ1n) is 7.32. The van der Waals surface area contributed by atoms with Crippen molar-refractivity contribution in [2.45, 2.75) is 0 Å². The van der Waals surface area contributed by atoms with Gasteiger partial charge in [0.1, 0.15) is 11.5 Å². The van der Waals surface area contributed by atoms with Gasteiger partial charge < -0.3 is 5.32 Å². The van der Waals surface area contributed by atoms with Gasteiger partial charge >= 0.3 is 0 Å². The van der Waals surface area contributed by atoms with Gasteiger partial charge in [0.15, 0.2) is 5.65 Å². The smallest absolute Gasteiger partial charge is 0.157 e. The third-order valence-corrected chi connectivity index (χ3v) is 4.40. The molecular formula is C18H12Cl2N4. The lowest BCUT2D eigenvalue weighted by Gasteiger charge is -2.09. The summed E-state index contributed by atoms with van der Waals surface area (Å²) in [7, 11) is 0. The quantitative estimate of drug-likeness (QED) is 0.532. The molecule has 118 valence electrons. The molecule has 0 bridgehead atoms. The molecule has 2 aromatic carbocycles. The van der Waals surface area contributed by atoms with E-state index in [0.29, 0.717) is 10.0 Å². The Morgan fingerprint density at radius 3 is 2.58 bits per heavy atom. The molecule has 4 nitrogen and oxygen atoms in total. The van der Waals surface area contributed by atoms with E-state index in [9.17, 15) is 0 Å². The minimum Gasteiger partial charge on any atom is -0.339 e. The minimum atomic E-state index is 0.499. The predicted molar refractivity (Wildman–Crippen MR) is 98.2 cm³/mol. The summed E-state index contributed by atoms with van der Waals surface area (Å²) < 4.78 is 1.96. The maximum atomic E-state index is 6.12. The van der Waals surface area contributed by atoms with Gasteiger partial charge in [-0.2, -0.15) is 0 Å². The molecule has 0 atom stereocenters. The van der Waals surface area contributed by atoms with E-state index >= 15 is 0 Å². The molecule has 0 aliphatic rings. The first-order valence-corrected chi connectivity index (χ1v) is 8.07. The number of nitrogens with zero attached hydrogens (tertiary/aromatic N) is 3. The van der Waals surface area contributed by atoms with Gasteiger partial charge in [0.25, 0.3) is 0 Å². The molecule has 4 aromatic rings. The molecule has 0 saturated heterocycles. The normalized spacial score (nSPS) is 10.9. The average molecular weight is 355 g/mol. The molecular weight excluding hydrogens is 343 g/mol. The summed E-state index contributed by atoms with van der Waals surface area (Å²) in [6.45, 7) is 0. The summed E-state index contributed by atoms with van der Waals surface area (Å²) >= 11 is 12.1. The van der Waals surface area contributed by atoms with Crippen LogP contribution in [0.25, 0.3) is 16.9 Å². The van der Waals surface area contributed by atoms with Crippen LogP contribution in [0.2, 0.25) is 10.0 Å². The maximum Gasteiger partial charge on any atom is 0.157 e. The fourth-order valence-electron chi connectivity index (χ4n) is 2.53. The Kier molecular flexibility index (Phi) is 3.84. The van der Waals surface area contributed by atoms with Gasteiger partial charge in [-0.05, 0) is 18.2 Å². The van der Waals surface area contributed by atoms with Gasteiger partial charge in [-0.3, -0.25) is 9.38 Å². The Labute approximate surface area is 148 Å². The number of rotatable bonds is 3. The van der Waals surface area contributed by atoms with Crippen LogP contribution in [0.1, 0.15) is 0 Å². The first-order chi connectivity index (χ1) is 11.7. The zero-order chi connectivity index (χ0) is 16.5. The third-order valence-electron chi connectivity index (χ3n) is 3.66. The highest BCUT2D eigenvalue weighted by atomic mass is 35.5. The number of imidazole rings is 1. The zero-order valence-corrected chi connectivity index (χ0v) is 14.0. The Morgan fingerprint density at radius 2 is 1.79 bits per heavy atom. The molecule has 0 aliphatic heterocycles. The molecule has 2 heterocycles. The molecule has 0 aliphatic carbocycles. The topological polar surface area (TPSA) is 42.2 Å². The largest absolute Gasteiger partial charge is 0.339 e. The first kappa shape index (κ1) is 15.0. The highest BCUT2D eigenvalue weighted by molar-refractivity contribution is 6.42. The van der Waals surface area contributed by atoms with Gasteiger partial charge in [0.2, 0.25) is 0 Å². The van der Waals surface area contributed by atoms with Crippen LogP contribution in [-0.2, 0) is 0 Å². The van der Waals surface area contributed by atoms with Crippen LogP contribution < -0.4 is 5.32 Å². The van der Waals surface area contributed by atoms with E-state index < -0.39 is 0 Å². The Morgan fingerprint density at radius 1 is 0.958 bits per heavy atom. The maximum absolute atomic E-state index is 6.12. The summed E-state index contributed by atoms with van der Waals surface area (Å²) in [6, 6.07) is 15.4. The van der Waals surface area contributed by atoms with Gasteiger partial charge in [-0.15, -0.1) is 0 Å². The van der Waals surface area contributed by atoms with Crippen molar-refractivity contribution in [3.05, 3.63) is 77.2 Å². The molecule has 0 unspecified atom stereocenters. The van der Waals surface area contributed by atoms with E-state index in [1.807, 2.05) is 47.0 Å². The van der Waals surface area contributed by atoms with Crippen molar-refractivity contribution in [2.24, 2.45) is 0 Å². The van der Waals surface area contributed by atoms with Gasteiger partial charge in [0, 0.05) is 23.6 Å². The molecule has 24 heavy (non-hydrogen) atoms. The number of hydrogen-bond acceptors (Lipinski definition) is 3. The molecule has 0 radical (unpaired) electrons. The highest BCUT2D eigenvalue weighted by Crippen LogP contribution is 2.32. The van der Waals surface area contributed by atoms with Gasteiger partial charge in [0.05, 0.1) is 16.2 Å². The lowest BCUT2D eigenvalue weighted by atomic mass is 10.1. The SMILES string of the molecule is Clc1ccc(Nc2c(-c3ccccc3)nc3cnccn23)cc1Cl. The summed E-state index contributed by atoms with van der Waals surface area (Å²) in [5.41, 5.74) is 3.46. The lowest BCUT2D eigenvalue weighted by molar-refractivity contribution is 1.13. The zero-order valence-electron chi connectivity index (χ0n) is 12.4. The van der Waals surface area contributed by atoms with E-state index in [0.717, 1.165) is 28.4 Å². The van der Waals surface area contributed by atoms with Gasteiger partial charge in [-0.1, -0.05) is 53.5 Å². The number of fused-ring (bicyclic) bond motifs is 1. The van der Waals surface area contributed by atoms with Gasteiger partial charge in [-0.25, -0.2) is 4.98 Å². The van der Waals surface area contributed by atoms with Crippen molar-refractivity contribution in [1.82, 2.24) is 14.4 Å². The molecule has 0 fully saturated rings. The number of benzene rings is 2. The second-order valence-corrected chi connectivity index (χ2v) is 6.05. The monoisotopic (exact) mass is 354 g/mol. The number of nitrogens with one attached hydrogen (secondary N) is 1. The van der Waals surface area contributed by atoms with Crippen LogP contribution in [0.3, 0.4) is 0 Å². The van der Waals surface area contributed by atoms with Crippen LogP contribution in [0.5, 0.6) is 0 Å². The van der Waals surface area contributed by atoms with E-state index in [1.54, 1.807) is 24.5 Å². The Bertz CT molecular complexity index is 1010. The summed E-state index contributed by atoms with van der Waals surface area (Å²) in [6.07, 6.45) is 5.32. The Hall–Kier alpha value is -2.56. The number of hydrogen-bond donors (Lipinski definition) is 1. The van der Waals surface area contributed by atoms with Crippen molar-refractivity contribution < 1.29 is 0 Å². The molecule has 1 N–H and O–H groups in total. The van der Waals surface area contributed by atoms with Crippen molar-refractivity contribution in [2.75, 3.05) is 5.32 Å². The summed E-state index contributed by atoms with van der Waals surface area (Å²) in [4.78, 5) is 8.84. The van der Waals surface area contributed by atoms with Crippen LogP contribution in [-0.4, -0.2) is 14.4 Å². The van der Waals surface area contributed by atoms with Crippen molar-refractivity contribution >= 4 is 40.4 Å². The molecule has 0 saturated carbocycles. The number of aromatic nitrogens is 3.